The Hall–Kier alpha value is -1.94. The molecule has 0 unspecified atom stereocenters. The van der Waals surface area contributed by atoms with E-state index in [0.29, 0.717) is 23.4 Å². The molecule has 0 atom stereocenters. The third kappa shape index (κ3) is 3.12. The van der Waals surface area contributed by atoms with E-state index in [1.165, 1.54) is 25.3 Å². The van der Waals surface area contributed by atoms with Crippen LogP contribution in [0.1, 0.15) is 18.4 Å². The van der Waals surface area contributed by atoms with Crippen molar-refractivity contribution in [1.82, 2.24) is 4.90 Å². The number of likely N-dealkylation sites (tertiary alicyclic amines) is 1. The van der Waals surface area contributed by atoms with Gasteiger partial charge in [-0.1, -0.05) is 12.1 Å². The summed E-state index contributed by atoms with van der Waals surface area (Å²) in [7, 11) is 1.50. The molecule has 2 aromatic carbocycles. The number of nitrogens with zero attached hydrogens (tertiary/aromatic N) is 1. The molecule has 1 heterocycles. The maximum Gasteiger partial charge on any atom is 0.131 e. The molecule has 0 spiro atoms. The minimum Gasteiger partial charge on any atom is -0.496 e. The maximum absolute atomic E-state index is 14.3. The van der Waals surface area contributed by atoms with Crippen molar-refractivity contribution in [3.05, 3.63) is 53.6 Å². The van der Waals surface area contributed by atoms with Crippen molar-refractivity contribution in [3.63, 3.8) is 0 Å². The SMILES string of the molecule is COc1cc(F)c(CN2CCCC2)cc1-c1cccc(F)c1. The van der Waals surface area contributed by atoms with E-state index >= 15 is 0 Å². The largest absolute Gasteiger partial charge is 0.496 e. The molecule has 0 saturated carbocycles. The summed E-state index contributed by atoms with van der Waals surface area (Å²) in [5.74, 6) is -0.165. The first kappa shape index (κ1) is 15.0. The van der Waals surface area contributed by atoms with Gasteiger partial charge in [0, 0.05) is 23.7 Å². The molecule has 0 amide bonds. The molecule has 1 aliphatic rings. The minimum atomic E-state index is -0.315. The summed E-state index contributed by atoms with van der Waals surface area (Å²) in [5, 5.41) is 0. The van der Waals surface area contributed by atoms with Crippen LogP contribution in [0.25, 0.3) is 11.1 Å². The minimum absolute atomic E-state index is 0.274. The highest BCUT2D eigenvalue weighted by Crippen LogP contribution is 2.33. The van der Waals surface area contributed by atoms with Crippen molar-refractivity contribution in [1.29, 1.82) is 0 Å². The lowest BCUT2D eigenvalue weighted by Crippen LogP contribution is -2.19. The molecule has 1 saturated heterocycles. The van der Waals surface area contributed by atoms with Gasteiger partial charge in [-0.25, -0.2) is 8.78 Å². The molecule has 2 nitrogen and oxygen atoms in total. The molecule has 1 fully saturated rings. The lowest BCUT2D eigenvalue weighted by molar-refractivity contribution is 0.325. The molecule has 0 bridgehead atoms. The van der Waals surface area contributed by atoms with Crippen LogP contribution in [0.3, 0.4) is 0 Å². The monoisotopic (exact) mass is 303 g/mol. The highest BCUT2D eigenvalue weighted by atomic mass is 19.1. The summed E-state index contributed by atoms with van der Waals surface area (Å²) in [4.78, 5) is 2.24. The van der Waals surface area contributed by atoms with Gasteiger partial charge in [-0.3, -0.25) is 4.90 Å². The quantitative estimate of drug-likeness (QED) is 0.838. The van der Waals surface area contributed by atoms with Crippen molar-refractivity contribution in [2.75, 3.05) is 20.2 Å². The van der Waals surface area contributed by atoms with E-state index in [1.807, 2.05) is 0 Å². The van der Waals surface area contributed by atoms with E-state index < -0.39 is 0 Å². The van der Waals surface area contributed by atoms with Crippen molar-refractivity contribution < 1.29 is 13.5 Å². The van der Waals surface area contributed by atoms with Crippen LogP contribution in [0.5, 0.6) is 5.75 Å². The van der Waals surface area contributed by atoms with E-state index in [9.17, 15) is 8.78 Å². The highest BCUT2D eigenvalue weighted by molar-refractivity contribution is 5.71. The van der Waals surface area contributed by atoms with Crippen molar-refractivity contribution in [2.24, 2.45) is 0 Å². The first-order valence-corrected chi connectivity index (χ1v) is 7.52. The van der Waals surface area contributed by atoms with Gasteiger partial charge >= 0.3 is 0 Å². The zero-order valence-corrected chi connectivity index (χ0v) is 12.6. The number of benzene rings is 2. The van der Waals surface area contributed by atoms with E-state index in [4.69, 9.17) is 4.74 Å². The summed E-state index contributed by atoms with van der Waals surface area (Å²) in [6, 6.07) is 9.46. The third-order valence-electron chi connectivity index (χ3n) is 4.10. The second kappa shape index (κ2) is 6.44. The first-order chi connectivity index (χ1) is 10.7. The Kier molecular flexibility index (Phi) is 4.39. The first-order valence-electron chi connectivity index (χ1n) is 7.52. The molecular weight excluding hydrogens is 284 g/mol. The van der Waals surface area contributed by atoms with Gasteiger partial charge in [0.15, 0.2) is 0 Å². The summed E-state index contributed by atoms with van der Waals surface area (Å²) in [5.41, 5.74) is 2.04. The van der Waals surface area contributed by atoms with Gasteiger partial charge in [0.1, 0.15) is 17.4 Å². The fourth-order valence-corrected chi connectivity index (χ4v) is 2.95. The van der Waals surface area contributed by atoms with Gasteiger partial charge in [-0.2, -0.15) is 0 Å². The number of hydrogen-bond acceptors (Lipinski definition) is 2. The number of methoxy groups -OCH3 is 1. The molecule has 22 heavy (non-hydrogen) atoms. The predicted octanol–water partition coefficient (Wildman–Crippen LogP) is 4.24. The molecule has 3 rings (SSSR count). The van der Waals surface area contributed by atoms with Gasteiger partial charge in [-0.15, -0.1) is 0 Å². The highest BCUT2D eigenvalue weighted by Gasteiger charge is 2.17. The Morgan fingerprint density at radius 3 is 2.55 bits per heavy atom. The Morgan fingerprint density at radius 1 is 1.09 bits per heavy atom. The van der Waals surface area contributed by atoms with Crippen LogP contribution in [0.2, 0.25) is 0 Å². The predicted molar refractivity (Wildman–Crippen MR) is 82.9 cm³/mol. The number of halogens is 2. The molecular formula is C18H19F2NO. The Labute approximate surface area is 129 Å². The normalized spacial score (nSPS) is 15.2. The van der Waals surface area contributed by atoms with Crippen LogP contribution in [0.15, 0.2) is 36.4 Å². The lowest BCUT2D eigenvalue weighted by Gasteiger charge is -2.17. The van der Waals surface area contributed by atoms with E-state index in [1.54, 1.807) is 18.2 Å². The van der Waals surface area contributed by atoms with Gasteiger partial charge in [0.05, 0.1) is 7.11 Å². The zero-order chi connectivity index (χ0) is 15.5. The zero-order valence-electron chi connectivity index (χ0n) is 12.6. The Morgan fingerprint density at radius 2 is 1.86 bits per heavy atom. The molecule has 4 heteroatoms. The van der Waals surface area contributed by atoms with Crippen molar-refractivity contribution in [2.45, 2.75) is 19.4 Å². The van der Waals surface area contributed by atoms with Crippen LogP contribution in [0, 0.1) is 11.6 Å². The van der Waals surface area contributed by atoms with Crippen molar-refractivity contribution in [3.8, 4) is 16.9 Å². The second-order valence-electron chi connectivity index (χ2n) is 5.64. The number of ether oxygens (including phenoxy) is 1. The maximum atomic E-state index is 14.3. The number of hydrogen-bond donors (Lipinski definition) is 0. The molecule has 0 aromatic heterocycles. The molecule has 1 aliphatic heterocycles. The number of rotatable bonds is 4. The average Bonchev–Trinajstić information content (AvgIpc) is 3.02. The molecule has 0 radical (unpaired) electrons. The lowest BCUT2D eigenvalue weighted by atomic mass is 10.0. The summed E-state index contributed by atoms with van der Waals surface area (Å²) < 4.78 is 33.0. The van der Waals surface area contributed by atoms with Crippen LogP contribution < -0.4 is 4.74 Å². The van der Waals surface area contributed by atoms with Gasteiger partial charge in [0.25, 0.3) is 0 Å². The summed E-state index contributed by atoms with van der Waals surface area (Å²) in [6.07, 6.45) is 2.32. The smallest absolute Gasteiger partial charge is 0.131 e. The van der Waals surface area contributed by atoms with Crippen LogP contribution >= 0.6 is 0 Å². The standard InChI is InChI=1S/C18H19F2NO/c1-22-18-11-17(20)14(12-21-7-2-3-8-21)10-16(18)13-5-4-6-15(19)9-13/h4-6,9-11H,2-3,7-8,12H2,1H3. The van der Waals surface area contributed by atoms with Gasteiger partial charge in [0.2, 0.25) is 0 Å². The molecule has 2 aromatic rings. The fraction of sp³-hybridized carbons (Fsp3) is 0.333. The van der Waals surface area contributed by atoms with E-state index in [2.05, 4.69) is 4.90 Å². The van der Waals surface area contributed by atoms with Gasteiger partial charge in [-0.05, 0) is 49.7 Å². The fourth-order valence-electron chi connectivity index (χ4n) is 2.95. The topological polar surface area (TPSA) is 12.5 Å². The van der Waals surface area contributed by atoms with Gasteiger partial charge < -0.3 is 4.74 Å². The summed E-state index contributed by atoms with van der Waals surface area (Å²) >= 11 is 0. The van der Waals surface area contributed by atoms with Crippen LogP contribution in [-0.2, 0) is 6.54 Å². The van der Waals surface area contributed by atoms with Crippen LogP contribution in [-0.4, -0.2) is 25.1 Å². The molecule has 116 valence electrons. The molecule has 0 N–H and O–H groups in total. The van der Waals surface area contributed by atoms with E-state index in [0.717, 1.165) is 31.5 Å². The van der Waals surface area contributed by atoms with Crippen molar-refractivity contribution >= 4 is 0 Å². The summed E-state index contributed by atoms with van der Waals surface area (Å²) in [6.45, 7) is 2.58. The Balaban J connectivity index is 2.00. The van der Waals surface area contributed by atoms with Crippen LogP contribution in [0.4, 0.5) is 8.78 Å². The third-order valence-corrected chi connectivity index (χ3v) is 4.10. The van der Waals surface area contributed by atoms with E-state index in [-0.39, 0.29) is 11.6 Å². The molecule has 0 aliphatic carbocycles. The Bertz CT molecular complexity index is 666. The second-order valence-corrected chi connectivity index (χ2v) is 5.64. The average molecular weight is 303 g/mol.